The number of allylic oxidation sites excluding steroid dienone is 18. The van der Waals surface area contributed by atoms with Crippen LogP contribution in [0.1, 0.15) is 316 Å². The summed E-state index contributed by atoms with van der Waals surface area (Å²) in [6.45, 7) is 6.50. The molecular formula is C73H124O6. The Bertz CT molecular complexity index is 1590. The number of carbonyl (C=O) groups is 3. The third kappa shape index (κ3) is 64.8. The number of hydrogen-bond acceptors (Lipinski definition) is 6. The van der Waals surface area contributed by atoms with E-state index in [1.807, 2.05) is 0 Å². The first kappa shape index (κ1) is 75.1. The van der Waals surface area contributed by atoms with Crippen molar-refractivity contribution in [2.75, 3.05) is 13.2 Å². The van der Waals surface area contributed by atoms with Crippen molar-refractivity contribution in [2.45, 2.75) is 322 Å². The van der Waals surface area contributed by atoms with Gasteiger partial charge in [0.05, 0.1) is 0 Å². The van der Waals surface area contributed by atoms with Crippen LogP contribution in [0.4, 0.5) is 0 Å². The van der Waals surface area contributed by atoms with E-state index >= 15 is 0 Å². The highest BCUT2D eigenvalue weighted by Crippen LogP contribution is 2.16. The predicted octanol–water partition coefficient (Wildman–Crippen LogP) is 23.0. The van der Waals surface area contributed by atoms with Gasteiger partial charge in [0.2, 0.25) is 0 Å². The standard InChI is InChI=1S/C73H124O6/c1-4-7-10-13-16-19-22-25-27-29-31-32-33-34-35-36-37-38-39-40-42-43-45-48-51-54-57-60-63-66-72(75)78-69-70(68-77-71(74)65-62-59-56-53-50-47-24-21-18-15-12-9-6-3)79-73(76)67-64-61-58-55-52-49-46-44-41-30-28-26-23-20-17-14-11-8-5-2/h7,10,16-17,19-21,24-28,31-32,34-35,37-38,70H,4-6,8-9,11-15,18,22-23,29-30,33,36,39-69H2,1-3H3/b10-7-,19-16-,20-17-,24-21-,27-25-,28-26-,32-31-,35-34-,38-37-. The fourth-order valence-electron chi connectivity index (χ4n) is 9.24. The van der Waals surface area contributed by atoms with Crippen molar-refractivity contribution in [1.82, 2.24) is 0 Å². The van der Waals surface area contributed by atoms with E-state index in [9.17, 15) is 14.4 Å². The minimum Gasteiger partial charge on any atom is -0.462 e. The minimum atomic E-state index is -0.788. The molecule has 0 aromatic carbocycles. The van der Waals surface area contributed by atoms with E-state index in [0.29, 0.717) is 19.3 Å². The molecule has 0 spiro atoms. The Kier molecular flexibility index (Phi) is 63.3. The van der Waals surface area contributed by atoms with Gasteiger partial charge in [0.15, 0.2) is 6.10 Å². The Balaban J connectivity index is 4.30. The van der Waals surface area contributed by atoms with Crippen LogP contribution in [0.15, 0.2) is 109 Å². The number of unbranched alkanes of at least 4 members (excludes halogenated alkanes) is 31. The molecule has 0 amide bonds. The lowest BCUT2D eigenvalue weighted by atomic mass is 10.1. The summed E-state index contributed by atoms with van der Waals surface area (Å²) in [5.74, 6) is -0.892. The van der Waals surface area contributed by atoms with Gasteiger partial charge in [-0.3, -0.25) is 14.4 Å². The van der Waals surface area contributed by atoms with Gasteiger partial charge in [-0.2, -0.15) is 0 Å². The summed E-state index contributed by atoms with van der Waals surface area (Å²) in [6.07, 6.45) is 90.9. The van der Waals surface area contributed by atoms with Crippen LogP contribution in [0.2, 0.25) is 0 Å². The van der Waals surface area contributed by atoms with Gasteiger partial charge in [0, 0.05) is 19.3 Å². The van der Waals surface area contributed by atoms with Crippen molar-refractivity contribution in [3.05, 3.63) is 109 Å². The Labute approximate surface area is 489 Å². The van der Waals surface area contributed by atoms with E-state index in [1.54, 1.807) is 0 Å². The monoisotopic (exact) mass is 1100 g/mol. The first-order chi connectivity index (χ1) is 39.0. The van der Waals surface area contributed by atoms with Crippen molar-refractivity contribution in [2.24, 2.45) is 0 Å². The fourth-order valence-corrected chi connectivity index (χ4v) is 9.24. The van der Waals surface area contributed by atoms with Crippen molar-refractivity contribution >= 4 is 17.9 Å². The highest BCUT2D eigenvalue weighted by atomic mass is 16.6. The molecule has 79 heavy (non-hydrogen) atoms. The molecule has 6 nitrogen and oxygen atoms in total. The minimum absolute atomic E-state index is 0.0841. The highest BCUT2D eigenvalue weighted by molar-refractivity contribution is 5.71. The third-order valence-corrected chi connectivity index (χ3v) is 14.2. The molecule has 0 bridgehead atoms. The van der Waals surface area contributed by atoms with Gasteiger partial charge in [0.1, 0.15) is 13.2 Å². The lowest BCUT2D eigenvalue weighted by molar-refractivity contribution is -0.167. The summed E-state index contributed by atoms with van der Waals surface area (Å²) in [4.78, 5) is 38.3. The Morgan fingerprint density at radius 1 is 0.266 bits per heavy atom. The molecule has 0 saturated carbocycles. The molecule has 1 unspecified atom stereocenters. The molecule has 0 aromatic heterocycles. The van der Waals surface area contributed by atoms with Crippen molar-refractivity contribution in [3.63, 3.8) is 0 Å². The van der Waals surface area contributed by atoms with E-state index < -0.39 is 6.10 Å². The normalized spacial score (nSPS) is 12.8. The molecule has 6 heteroatoms. The van der Waals surface area contributed by atoms with E-state index in [0.717, 1.165) is 109 Å². The van der Waals surface area contributed by atoms with Gasteiger partial charge in [-0.1, -0.05) is 278 Å². The number of rotatable bonds is 60. The second-order valence-corrected chi connectivity index (χ2v) is 22.0. The second kappa shape index (κ2) is 66.6. The summed E-state index contributed by atoms with van der Waals surface area (Å²) in [6, 6.07) is 0. The van der Waals surface area contributed by atoms with Crippen molar-refractivity contribution < 1.29 is 28.6 Å². The second-order valence-electron chi connectivity index (χ2n) is 22.0. The smallest absolute Gasteiger partial charge is 0.306 e. The Morgan fingerprint density at radius 3 is 0.810 bits per heavy atom. The molecule has 0 heterocycles. The molecule has 0 fully saturated rings. The Morgan fingerprint density at radius 2 is 0.494 bits per heavy atom. The maximum absolute atomic E-state index is 12.9. The van der Waals surface area contributed by atoms with Gasteiger partial charge in [-0.25, -0.2) is 0 Å². The molecular weight excluding hydrogens is 973 g/mol. The van der Waals surface area contributed by atoms with E-state index in [4.69, 9.17) is 14.2 Å². The summed E-state index contributed by atoms with van der Waals surface area (Å²) < 4.78 is 16.9. The zero-order valence-electron chi connectivity index (χ0n) is 51.9. The Hall–Kier alpha value is -3.93. The summed E-state index contributed by atoms with van der Waals surface area (Å²) in [5.41, 5.74) is 0. The highest BCUT2D eigenvalue weighted by Gasteiger charge is 2.19. The first-order valence-electron chi connectivity index (χ1n) is 33.4. The number of ether oxygens (including phenoxy) is 3. The van der Waals surface area contributed by atoms with Crippen LogP contribution in [-0.4, -0.2) is 37.2 Å². The molecule has 1 atom stereocenters. The number of esters is 3. The van der Waals surface area contributed by atoms with Gasteiger partial charge >= 0.3 is 17.9 Å². The predicted molar refractivity (Wildman–Crippen MR) is 343 cm³/mol. The average Bonchev–Trinajstić information content (AvgIpc) is 3.45. The molecule has 0 aromatic rings. The lowest BCUT2D eigenvalue weighted by Crippen LogP contribution is -2.30. The summed E-state index contributed by atoms with van der Waals surface area (Å²) in [5, 5.41) is 0. The van der Waals surface area contributed by atoms with Gasteiger partial charge in [0.25, 0.3) is 0 Å². The van der Waals surface area contributed by atoms with Crippen molar-refractivity contribution in [1.29, 1.82) is 0 Å². The van der Waals surface area contributed by atoms with E-state index in [1.165, 1.54) is 167 Å². The number of hydrogen-bond donors (Lipinski definition) is 0. The van der Waals surface area contributed by atoms with Gasteiger partial charge < -0.3 is 14.2 Å². The van der Waals surface area contributed by atoms with Crippen LogP contribution < -0.4 is 0 Å². The van der Waals surface area contributed by atoms with Crippen LogP contribution in [-0.2, 0) is 28.6 Å². The molecule has 0 aliphatic rings. The largest absolute Gasteiger partial charge is 0.462 e. The third-order valence-electron chi connectivity index (χ3n) is 14.2. The van der Waals surface area contributed by atoms with Gasteiger partial charge in [-0.15, -0.1) is 0 Å². The van der Waals surface area contributed by atoms with E-state index in [2.05, 4.69) is 130 Å². The average molecular weight is 1100 g/mol. The quantitative estimate of drug-likeness (QED) is 0.0261. The zero-order chi connectivity index (χ0) is 57.1. The molecule has 0 saturated heterocycles. The van der Waals surface area contributed by atoms with Gasteiger partial charge in [-0.05, 0) is 128 Å². The fraction of sp³-hybridized carbons (Fsp3) is 0.712. The van der Waals surface area contributed by atoms with Crippen molar-refractivity contribution in [3.8, 4) is 0 Å². The molecule has 0 aliphatic heterocycles. The number of carbonyl (C=O) groups excluding carboxylic acids is 3. The first-order valence-corrected chi connectivity index (χ1v) is 33.4. The maximum atomic E-state index is 12.9. The molecule has 0 aliphatic carbocycles. The topological polar surface area (TPSA) is 78.9 Å². The van der Waals surface area contributed by atoms with Crippen LogP contribution >= 0.6 is 0 Å². The molecule has 0 rings (SSSR count). The summed E-state index contributed by atoms with van der Waals surface area (Å²) >= 11 is 0. The zero-order valence-corrected chi connectivity index (χ0v) is 51.9. The lowest BCUT2D eigenvalue weighted by Gasteiger charge is -2.18. The van der Waals surface area contributed by atoms with E-state index in [-0.39, 0.29) is 31.1 Å². The van der Waals surface area contributed by atoms with Crippen LogP contribution in [0.25, 0.3) is 0 Å². The van der Waals surface area contributed by atoms with Crippen LogP contribution in [0.3, 0.4) is 0 Å². The van der Waals surface area contributed by atoms with Crippen LogP contribution in [0, 0.1) is 0 Å². The summed E-state index contributed by atoms with van der Waals surface area (Å²) in [7, 11) is 0. The molecule has 452 valence electrons. The molecule has 0 N–H and O–H groups in total. The molecule has 0 radical (unpaired) electrons. The maximum Gasteiger partial charge on any atom is 0.306 e. The van der Waals surface area contributed by atoms with Crippen LogP contribution in [0.5, 0.6) is 0 Å². The SMILES string of the molecule is CC/C=C\C/C=C\C/C=C\C/C=C\C/C=C\C/C=C\CCCCCCCCCCCCC(=O)OCC(COC(=O)CCCCCCC/C=C\CCCCCC)OC(=O)CCCCCCCCCCC/C=C\C/C=C\CCCCC.